The summed E-state index contributed by atoms with van der Waals surface area (Å²) in [6, 6.07) is 7.69. The maximum atomic E-state index is 10.0. The zero-order valence-corrected chi connectivity index (χ0v) is 13.8. The molecule has 1 aliphatic rings. The van der Waals surface area contributed by atoms with Gasteiger partial charge in [-0.05, 0) is 41.3 Å². The van der Waals surface area contributed by atoms with Gasteiger partial charge in [-0.2, -0.15) is 0 Å². The van der Waals surface area contributed by atoms with Crippen molar-refractivity contribution in [3.05, 3.63) is 35.4 Å². The Morgan fingerprint density at radius 1 is 0.905 bits per heavy atom. The molecule has 5 heteroatoms. The van der Waals surface area contributed by atoms with Crippen LogP contribution in [0.5, 0.6) is 23.0 Å². The number of hydrogen-bond acceptors (Lipinski definition) is 4. The van der Waals surface area contributed by atoms with Crippen LogP contribution in [0.25, 0.3) is 11.1 Å². The quantitative estimate of drug-likeness (QED) is 0.754. The van der Waals surface area contributed by atoms with E-state index in [0.717, 1.165) is 34.4 Å². The van der Waals surface area contributed by atoms with E-state index in [1.54, 1.807) is 20.3 Å². The minimum atomic E-state index is 0. The largest absolute Gasteiger partial charge is 0.504 e. The standard InChI is InChI=1S/C16H16O4.Ti/c1-18-11-4-5-12-9(7-11)6-10-8-13(17)15(19-2)16(20-3)14(10)12;/h4-5,7-8,17H,6H2,1-3H3;. The van der Waals surface area contributed by atoms with Gasteiger partial charge in [0.2, 0.25) is 5.75 Å². The molecule has 0 unspecified atom stereocenters. The van der Waals surface area contributed by atoms with Gasteiger partial charge in [0.15, 0.2) is 11.5 Å². The first-order valence-corrected chi connectivity index (χ1v) is 6.33. The SMILES string of the molecule is COc1ccc2c(c1)Cc1cc(O)c(OC)c(OC)c1-2.[Ti]. The van der Waals surface area contributed by atoms with Crippen molar-refractivity contribution in [3.63, 3.8) is 0 Å². The van der Waals surface area contributed by atoms with E-state index >= 15 is 0 Å². The van der Waals surface area contributed by atoms with Gasteiger partial charge in [0.1, 0.15) is 5.75 Å². The van der Waals surface area contributed by atoms with E-state index < -0.39 is 0 Å². The number of methoxy groups -OCH3 is 3. The van der Waals surface area contributed by atoms with Crippen LogP contribution in [0.1, 0.15) is 11.1 Å². The Bertz CT molecular complexity index is 682. The van der Waals surface area contributed by atoms with E-state index in [2.05, 4.69) is 0 Å². The minimum Gasteiger partial charge on any atom is -0.504 e. The first-order chi connectivity index (χ1) is 9.69. The van der Waals surface area contributed by atoms with E-state index in [1.807, 2.05) is 18.2 Å². The molecule has 2 aromatic carbocycles. The zero-order valence-electron chi connectivity index (χ0n) is 12.2. The molecule has 1 aliphatic carbocycles. The van der Waals surface area contributed by atoms with Crippen molar-refractivity contribution < 1.29 is 41.0 Å². The fraction of sp³-hybridized carbons (Fsp3) is 0.250. The first-order valence-electron chi connectivity index (χ1n) is 6.33. The molecule has 2 aromatic rings. The van der Waals surface area contributed by atoms with Crippen LogP contribution in [0.3, 0.4) is 0 Å². The van der Waals surface area contributed by atoms with Gasteiger partial charge >= 0.3 is 0 Å². The van der Waals surface area contributed by atoms with Crippen molar-refractivity contribution in [2.45, 2.75) is 6.42 Å². The molecule has 0 saturated carbocycles. The number of phenolic OH excluding ortho intramolecular Hbond substituents is 1. The van der Waals surface area contributed by atoms with Gasteiger partial charge in [-0.1, -0.05) is 6.07 Å². The smallest absolute Gasteiger partial charge is 0.203 e. The average Bonchev–Trinajstić information content (AvgIpc) is 2.82. The van der Waals surface area contributed by atoms with Gasteiger partial charge in [-0.15, -0.1) is 0 Å². The second-order valence-corrected chi connectivity index (χ2v) is 4.70. The number of rotatable bonds is 3. The molecule has 0 radical (unpaired) electrons. The third-order valence-electron chi connectivity index (χ3n) is 3.67. The molecule has 0 bridgehead atoms. The van der Waals surface area contributed by atoms with Crippen LogP contribution >= 0.6 is 0 Å². The van der Waals surface area contributed by atoms with E-state index in [-0.39, 0.29) is 27.5 Å². The minimum absolute atomic E-state index is 0. The Morgan fingerprint density at radius 3 is 2.24 bits per heavy atom. The zero-order chi connectivity index (χ0) is 14.3. The van der Waals surface area contributed by atoms with Gasteiger partial charge in [0.05, 0.1) is 21.3 Å². The molecule has 108 valence electrons. The Balaban J connectivity index is 0.00000161. The second-order valence-electron chi connectivity index (χ2n) is 4.70. The Labute approximate surface area is 138 Å². The molecule has 3 rings (SSSR count). The Morgan fingerprint density at radius 2 is 1.62 bits per heavy atom. The summed E-state index contributed by atoms with van der Waals surface area (Å²) in [6.45, 7) is 0. The fourth-order valence-corrected chi connectivity index (χ4v) is 2.80. The number of fused-ring (bicyclic) bond motifs is 3. The summed E-state index contributed by atoms with van der Waals surface area (Å²) in [7, 11) is 4.76. The van der Waals surface area contributed by atoms with Crippen molar-refractivity contribution in [2.75, 3.05) is 21.3 Å². The third-order valence-corrected chi connectivity index (χ3v) is 3.67. The number of aromatic hydroxyl groups is 1. The summed E-state index contributed by atoms with van der Waals surface area (Å²) in [6.07, 6.45) is 0.746. The molecule has 0 aliphatic heterocycles. The van der Waals surface area contributed by atoms with E-state index in [0.29, 0.717) is 11.5 Å². The molecule has 0 spiro atoms. The van der Waals surface area contributed by atoms with Crippen molar-refractivity contribution in [3.8, 4) is 34.1 Å². The summed E-state index contributed by atoms with van der Waals surface area (Å²) < 4.78 is 16.0. The summed E-state index contributed by atoms with van der Waals surface area (Å²) in [5, 5.41) is 10.0. The first kappa shape index (κ1) is 15.7. The monoisotopic (exact) mass is 320 g/mol. The summed E-state index contributed by atoms with van der Waals surface area (Å²) >= 11 is 0. The van der Waals surface area contributed by atoms with Gasteiger partial charge in [-0.25, -0.2) is 0 Å². The van der Waals surface area contributed by atoms with Gasteiger partial charge in [0.25, 0.3) is 0 Å². The van der Waals surface area contributed by atoms with Crippen molar-refractivity contribution in [1.29, 1.82) is 0 Å². The van der Waals surface area contributed by atoms with Crippen LogP contribution < -0.4 is 14.2 Å². The molecule has 0 heterocycles. The number of benzene rings is 2. The van der Waals surface area contributed by atoms with Crippen molar-refractivity contribution in [2.24, 2.45) is 0 Å². The predicted molar refractivity (Wildman–Crippen MR) is 76.0 cm³/mol. The fourth-order valence-electron chi connectivity index (χ4n) is 2.80. The topological polar surface area (TPSA) is 47.9 Å². The molecule has 0 aromatic heterocycles. The molecule has 0 fully saturated rings. The molecule has 0 saturated heterocycles. The summed E-state index contributed by atoms with van der Waals surface area (Å²) in [5.74, 6) is 1.87. The molecule has 4 nitrogen and oxygen atoms in total. The molecular weight excluding hydrogens is 304 g/mol. The maximum absolute atomic E-state index is 10.0. The second kappa shape index (κ2) is 6.00. The summed E-state index contributed by atoms with van der Waals surface area (Å²) in [5.41, 5.74) is 4.27. The van der Waals surface area contributed by atoms with E-state index in [9.17, 15) is 5.11 Å². The third kappa shape index (κ3) is 2.39. The molecule has 0 amide bonds. The van der Waals surface area contributed by atoms with Crippen molar-refractivity contribution >= 4 is 0 Å². The van der Waals surface area contributed by atoms with E-state index in [1.165, 1.54) is 7.11 Å². The van der Waals surface area contributed by atoms with Crippen LogP contribution in [0.4, 0.5) is 0 Å². The average molecular weight is 320 g/mol. The number of hydrogen-bond donors (Lipinski definition) is 1. The van der Waals surface area contributed by atoms with Gasteiger partial charge in [-0.3, -0.25) is 0 Å². The molecule has 0 atom stereocenters. The molecule has 1 N–H and O–H groups in total. The van der Waals surface area contributed by atoms with Gasteiger partial charge in [0, 0.05) is 27.3 Å². The van der Waals surface area contributed by atoms with E-state index in [4.69, 9.17) is 14.2 Å². The van der Waals surface area contributed by atoms with Gasteiger partial charge < -0.3 is 19.3 Å². The number of phenols is 1. The van der Waals surface area contributed by atoms with Crippen LogP contribution in [-0.2, 0) is 28.1 Å². The van der Waals surface area contributed by atoms with Crippen LogP contribution in [0, 0.1) is 0 Å². The van der Waals surface area contributed by atoms with Crippen molar-refractivity contribution in [1.82, 2.24) is 0 Å². The molecular formula is C16H16O4Ti. The Hall–Kier alpha value is -1.65. The maximum Gasteiger partial charge on any atom is 0.203 e. The summed E-state index contributed by atoms with van der Waals surface area (Å²) in [4.78, 5) is 0. The predicted octanol–water partition coefficient (Wildman–Crippen LogP) is 2.99. The normalized spacial score (nSPS) is 11.2. The Kier molecular flexibility index (Phi) is 4.50. The number of ether oxygens (including phenoxy) is 3. The molecule has 21 heavy (non-hydrogen) atoms. The van der Waals surface area contributed by atoms with Crippen LogP contribution in [0.2, 0.25) is 0 Å². The van der Waals surface area contributed by atoms with Crippen LogP contribution in [-0.4, -0.2) is 26.4 Å². The van der Waals surface area contributed by atoms with Crippen LogP contribution in [0.15, 0.2) is 24.3 Å².